The Balaban J connectivity index is 0. The molecule has 0 bridgehead atoms. The van der Waals surface area contributed by atoms with Crippen LogP contribution in [0.15, 0.2) is 12.3 Å². The van der Waals surface area contributed by atoms with Crippen LogP contribution in [0.5, 0.6) is 0 Å². The van der Waals surface area contributed by atoms with Gasteiger partial charge in [-0.2, -0.15) is 0 Å². The molecule has 38 valence electrons. The molecule has 0 aliphatic carbocycles. The van der Waals surface area contributed by atoms with Crippen LogP contribution in [-0.4, -0.2) is 0 Å². The van der Waals surface area contributed by atoms with Gasteiger partial charge in [-0.05, 0) is 12.6 Å². The van der Waals surface area contributed by atoms with Crippen LogP contribution >= 0.6 is 0 Å². The first-order valence-corrected chi connectivity index (χ1v) is 1.48. The van der Waals surface area contributed by atoms with Crippen molar-refractivity contribution in [1.82, 2.24) is 0 Å². The SMILES string of the molecule is C=C(C)N.NN. The maximum Gasteiger partial charge on any atom is -0.00242 e. The smallest absolute Gasteiger partial charge is 0.00242 e. The van der Waals surface area contributed by atoms with Crippen LogP contribution in [0.25, 0.3) is 0 Å². The Kier molecular flexibility index (Phi) is 13.3. The Morgan fingerprint density at radius 2 is 1.50 bits per heavy atom. The van der Waals surface area contributed by atoms with E-state index in [1.165, 1.54) is 0 Å². The van der Waals surface area contributed by atoms with Crippen molar-refractivity contribution in [2.75, 3.05) is 0 Å². The lowest BCUT2D eigenvalue weighted by Crippen LogP contribution is -2.02. The zero-order valence-corrected chi connectivity index (χ0v) is 3.94. The standard InChI is InChI=1S/C3H7N.H4N2/c1-3(2)4;1-2/h1,4H2,2H3;1-2H2. The zero-order chi connectivity index (χ0) is 5.58. The maximum atomic E-state index is 4.92. The van der Waals surface area contributed by atoms with E-state index in [0.717, 1.165) is 0 Å². The van der Waals surface area contributed by atoms with Gasteiger partial charge in [-0.25, -0.2) is 0 Å². The monoisotopic (exact) mass is 89.1 g/mol. The lowest BCUT2D eigenvalue weighted by molar-refractivity contribution is 1.26. The van der Waals surface area contributed by atoms with Crippen LogP contribution in [0, 0.1) is 0 Å². The van der Waals surface area contributed by atoms with Crippen LogP contribution in [0.4, 0.5) is 0 Å². The van der Waals surface area contributed by atoms with Gasteiger partial charge >= 0.3 is 0 Å². The highest BCUT2D eigenvalue weighted by molar-refractivity contribution is 4.76. The average molecular weight is 89.1 g/mol. The highest BCUT2D eigenvalue weighted by Crippen LogP contribution is 1.58. The number of allylic oxidation sites excluding steroid dienone is 1. The van der Waals surface area contributed by atoms with Gasteiger partial charge in [-0.3, -0.25) is 11.7 Å². The van der Waals surface area contributed by atoms with Gasteiger partial charge in [0, 0.05) is 0 Å². The molecule has 0 fully saturated rings. The van der Waals surface area contributed by atoms with E-state index in [1.807, 2.05) is 0 Å². The molecule has 0 aliphatic heterocycles. The van der Waals surface area contributed by atoms with Gasteiger partial charge in [-0.1, -0.05) is 6.58 Å². The quantitative estimate of drug-likeness (QED) is 0.271. The third kappa shape index (κ3) is 71.8. The third-order valence-corrected chi connectivity index (χ3v) is 0. The second-order valence-corrected chi connectivity index (χ2v) is 0.846. The summed E-state index contributed by atoms with van der Waals surface area (Å²) in [6.45, 7) is 5.08. The lowest BCUT2D eigenvalue weighted by Gasteiger charge is -1.69. The summed E-state index contributed by atoms with van der Waals surface area (Å²) in [7, 11) is 0. The fourth-order valence-electron chi connectivity index (χ4n) is 0. The minimum absolute atomic E-state index is 0.667. The van der Waals surface area contributed by atoms with Crippen LogP contribution in [0.1, 0.15) is 6.92 Å². The van der Waals surface area contributed by atoms with Crippen molar-refractivity contribution in [3.05, 3.63) is 12.3 Å². The fraction of sp³-hybridized carbons (Fsp3) is 0.333. The first-order valence-electron chi connectivity index (χ1n) is 1.48. The molecule has 0 spiro atoms. The van der Waals surface area contributed by atoms with Crippen LogP contribution in [-0.2, 0) is 0 Å². The number of hydrogen-bond donors (Lipinski definition) is 3. The molecular weight excluding hydrogens is 78.1 g/mol. The predicted octanol–water partition coefficient (Wildman–Crippen LogP) is -0.702. The second kappa shape index (κ2) is 8.82. The molecule has 0 heterocycles. The van der Waals surface area contributed by atoms with Gasteiger partial charge in [-0.15, -0.1) is 0 Å². The van der Waals surface area contributed by atoms with Crippen LogP contribution in [0.2, 0.25) is 0 Å². The maximum absolute atomic E-state index is 4.92. The number of hydrazine groups is 1. The molecule has 0 amide bonds. The molecule has 0 aromatic carbocycles. The van der Waals surface area contributed by atoms with E-state index >= 15 is 0 Å². The molecular formula is C3H11N3. The summed E-state index contributed by atoms with van der Waals surface area (Å²) in [5, 5.41) is 0. The van der Waals surface area contributed by atoms with E-state index < -0.39 is 0 Å². The molecule has 0 atom stereocenters. The predicted molar refractivity (Wildman–Crippen MR) is 27.4 cm³/mol. The highest BCUT2D eigenvalue weighted by atomic mass is 15.0. The minimum Gasteiger partial charge on any atom is -0.403 e. The summed E-state index contributed by atoms with van der Waals surface area (Å²) < 4.78 is 0. The molecule has 0 unspecified atom stereocenters. The van der Waals surface area contributed by atoms with Gasteiger partial charge in [0.05, 0.1) is 0 Å². The number of hydrogen-bond acceptors (Lipinski definition) is 3. The zero-order valence-electron chi connectivity index (χ0n) is 3.94. The molecule has 0 aromatic heterocycles. The Labute approximate surface area is 37.8 Å². The Bertz CT molecular complexity index is 29.0. The Morgan fingerprint density at radius 1 is 1.50 bits per heavy atom. The summed E-state index contributed by atoms with van der Waals surface area (Å²) in [4.78, 5) is 0. The largest absolute Gasteiger partial charge is 0.403 e. The van der Waals surface area contributed by atoms with Crippen LogP contribution in [0.3, 0.4) is 0 Å². The molecule has 0 saturated heterocycles. The molecule has 3 nitrogen and oxygen atoms in total. The van der Waals surface area contributed by atoms with E-state index in [1.54, 1.807) is 6.92 Å². The first-order chi connectivity index (χ1) is 2.73. The van der Waals surface area contributed by atoms with Crippen molar-refractivity contribution >= 4 is 0 Å². The molecule has 0 saturated carbocycles. The van der Waals surface area contributed by atoms with E-state index in [0.29, 0.717) is 5.70 Å². The molecule has 3 heteroatoms. The lowest BCUT2D eigenvalue weighted by atomic mass is 10.6. The van der Waals surface area contributed by atoms with Crippen molar-refractivity contribution in [3.63, 3.8) is 0 Å². The van der Waals surface area contributed by atoms with E-state index in [-0.39, 0.29) is 0 Å². The minimum atomic E-state index is 0.667. The van der Waals surface area contributed by atoms with Gasteiger partial charge in [0.25, 0.3) is 0 Å². The van der Waals surface area contributed by atoms with Gasteiger partial charge < -0.3 is 5.73 Å². The normalized spacial score (nSPS) is 5.17. The molecule has 0 radical (unpaired) electrons. The van der Waals surface area contributed by atoms with Crippen molar-refractivity contribution < 1.29 is 0 Å². The van der Waals surface area contributed by atoms with Crippen molar-refractivity contribution in [1.29, 1.82) is 0 Å². The third-order valence-electron chi connectivity index (χ3n) is 0. The van der Waals surface area contributed by atoms with Crippen molar-refractivity contribution in [2.24, 2.45) is 17.4 Å². The first kappa shape index (κ1) is 9.07. The summed E-state index contributed by atoms with van der Waals surface area (Å²) in [6, 6.07) is 0. The molecule has 6 heavy (non-hydrogen) atoms. The van der Waals surface area contributed by atoms with Crippen molar-refractivity contribution in [3.8, 4) is 0 Å². The Morgan fingerprint density at radius 3 is 1.50 bits per heavy atom. The van der Waals surface area contributed by atoms with E-state index in [9.17, 15) is 0 Å². The highest BCUT2D eigenvalue weighted by Gasteiger charge is 1.50. The van der Waals surface area contributed by atoms with Gasteiger partial charge in [0.1, 0.15) is 0 Å². The van der Waals surface area contributed by atoms with E-state index in [4.69, 9.17) is 5.73 Å². The number of rotatable bonds is 0. The van der Waals surface area contributed by atoms with Gasteiger partial charge in [0.2, 0.25) is 0 Å². The summed E-state index contributed by atoms with van der Waals surface area (Å²) in [5.74, 6) is 8.00. The van der Waals surface area contributed by atoms with Gasteiger partial charge in [0.15, 0.2) is 0 Å². The number of nitrogens with two attached hydrogens (primary N) is 3. The average Bonchev–Trinajstić information content (AvgIpc) is 1.41. The second-order valence-electron chi connectivity index (χ2n) is 0.846. The van der Waals surface area contributed by atoms with Crippen molar-refractivity contribution in [2.45, 2.75) is 6.92 Å². The molecule has 6 N–H and O–H groups in total. The molecule has 0 rings (SSSR count). The van der Waals surface area contributed by atoms with E-state index in [2.05, 4.69) is 18.3 Å². The summed E-state index contributed by atoms with van der Waals surface area (Å²) in [5.41, 5.74) is 5.58. The topological polar surface area (TPSA) is 78.1 Å². The Hall–Kier alpha value is -0.540. The van der Waals surface area contributed by atoms with Crippen LogP contribution < -0.4 is 17.4 Å². The summed E-state index contributed by atoms with van der Waals surface area (Å²) >= 11 is 0. The fourth-order valence-corrected chi connectivity index (χ4v) is 0. The summed E-state index contributed by atoms with van der Waals surface area (Å²) in [6.07, 6.45) is 0. The molecule has 0 aromatic rings. The molecule has 0 aliphatic rings.